The van der Waals surface area contributed by atoms with Gasteiger partial charge >= 0.3 is 0 Å². The second-order valence-corrected chi connectivity index (χ2v) is 13.1. The van der Waals surface area contributed by atoms with Gasteiger partial charge in [0, 0.05) is 81.9 Å². The second-order valence-electron chi connectivity index (χ2n) is 13.1. The van der Waals surface area contributed by atoms with Crippen molar-refractivity contribution in [3.63, 3.8) is 0 Å². The normalized spacial score (nSPS) is 21.3. The van der Waals surface area contributed by atoms with Gasteiger partial charge in [-0.2, -0.15) is 0 Å². The average Bonchev–Trinajstić information content (AvgIpc) is 3.08. The van der Waals surface area contributed by atoms with Crippen molar-refractivity contribution in [2.75, 3.05) is 62.0 Å². The molecule has 2 fully saturated rings. The molecule has 12 heteroatoms. The quantitative estimate of drug-likeness (QED) is 0.293. The van der Waals surface area contributed by atoms with Crippen LogP contribution in [0, 0.1) is 5.82 Å². The number of methoxy groups -OCH3 is 1. The Hall–Kier alpha value is -4.42. The molecule has 4 aromatic rings. The number of hydrogen-bond acceptors (Lipinski definition) is 10. The van der Waals surface area contributed by atoms with Gasteiger partial charge in [0.05, 0.1) is 35.9 Å². The number of piperidine rings is 1. The minimum Gasteiger partial charge on any atom is -0.487 e. The fourth-order valence-corrected chi connectivity index (χ4v) is 7.31. The Morgan fingerprint density at radius 3 is 2.79 bits per heavy atom. The number of nitrogens with zero attached hydrogens (tertiary/aromatic N) is 6. The zero-order valence-corrected chi connectivity index (χ0v) is 27.3. The maximum Gasteiger partial charge on any atom is 0.213 e. The third-order valence-electron chi connectivity index (χ3n) is 9.72. The first kappa shape index (κ1) is 31.2. The van der Waals surface area contributed by atoms with E-state index >= 15 is 4.39 Å². The molecule has 3 aromatic heterocycles. The number of hydrogen-bond donors (Lipinski definition) is 2. The van der Waals surface area contributed by atoms with E-state index in [1.165, 1.54) is 6.07 Å². The van der Waals surface area contributed by atoms with E-state index in [4.69, 9.17) is 15.2 Å². The summed E-state index contributed by atoms with van der Waals surface area (Å²) in [7, 11) is 1.61. The summed E-state index contributed by atoms with van der Waals surface area (Å²) in [6.45, 7) is 9.33. The molecule has 2 unspecified atom stereocenters. The van der Waals surface area contributed by atoms with Gasteiger partial charge in [-0.25, -0.2) is 14.4 Å². The van der Waals surface area contributed by atoms with E-state index in [2.05, 4.69) is 43.5 Å². The SMILES string of the molecule is COc1cc(CN(Cc2cn3c4c(c(N5CCNC(C)C5)c(F)cc4c2=O)OCC3C)[C@H]2CCCN(c3ccc(N)nc3)C2)ccn1. The highest BCUT2D eigenvalue weighted by atomic mass is 19.1. The standard InChI is InChI=1S/C35H43FN8O3/c1-22-16-42(12-10-38-22)33-29(36)14-28-32-35(33)47-21-23(2)44(32)19-25(34(28)45)18-43(17-24-8-9-39-31(13-24)46-3)27-5-4-11-41(20-27)26-6-7-30(37)40-15-26/h6-9,13-15,19,22-23,27,38H,4-5,10-12,16-18,20-21H2,1-3H3,(H2,37,40)/t22?,23?,27-/m0/s1. The molecule has 0 bridgehead atoms. The predicted molar refractivity (Wildman–Crippen MR) is 182 cm³/mol. The molecular weight excluding hydrogens is 599 g/mol. The molecule has 6 heterocycles. The molecule has 248 valence electrons. The monoisotopic (exact) mass is 642 g/mol. The highest BCUT2D eigenvalue weighted by Crippen LogP contribution is 2.42. The van der Waals surface area contributed by atoms with Crippen molar-refractivity contribution in [2.45, 2.75) is 57.9 Å². The highest BCUT2D eigenvalue weighted by Gasteiger charge is 2.32. The van der Waals surface area contributed by atoms with Crippen molar-refractivity contribution in [1.82, 2.24) is 24.8 Å². The number of nitrogen functional groups attached to an aromatic ring is 1. The van der Waals surface area contributed by atoms with Crippen LogP contribution >= 0.6 is 0 Å². The number of halogens is 1. The van der Waals surface area contributed by atoms with Crippen molar-refractivity contribution in [2.24, 2.45) is 0 Å². The van der Waals surface area contributed by atoms with Crippen LogP contribution < -0.4 is 35.8 Å². The summed E-state index contributed by atoms with van der Waals surface area (Å²) in [5.74, 6) is 1.09. The molecule has 3 aliphatic rings. The number of benzene rings is 1. The van der Waals surface area contributed by atoms with Crippen LogP contribution in [0.1, 0.15) is 43.9 Å². The fraction of sp³-hybridized carbons (Fsp3) is 0.457. The smallest absolute Gasteiger partial charge is 0.213 e. The van der Waals surface area contributed by atoms with E-state index in [0.29, 0.717) is 72.4 Å². The topological polar surface area (TPSA) is 114 Å². The summed E-state index contributed by atoms with van der Waals surface area (Å²) in [5.41, 5.74) is 9.52. The maximum atomic E-state index is 16.0. The number of ether oxygens (including phenoxy) is 2. The summed E-state index contributed by atoms with van der Waals surface area (Å²) in [6, 6.07) is 9.52. The molecule has 0 saturated carbocycles. The number of anilines is 3. The lowest BCUT2D eigenvalue weighted by Crippen LogP contribution is -2.49. The van der Waals surface area contributed by atoms with Gasteiger partial charge in [0.2, 0.25) is 5.88 Å². The number of nitrogens with one attached hydrogen (secondary N) is 1. The number of rotatable bonds is 8. The van der Waals surface area contributed by atoms with Gasteiger partial charge in [0.25, 0.3) is 0 Å². The molecule has 0 spiro atoms. The largest absolute Gasteiger partial charge is 0.487 e. The van der Waals surface area contributed by atoms with E-state index in [9.17, 15) is 4.79 Å². The summed E-state index contributed by atoms with van der Waals surface area (Å²) in [5, 5.41) is 3.78. The highest BCUT2D eigenvalue weighted by molar-refractivity contribution is 5.92. The first-order chi connectivity index (χ1) is 22.8. The number of pyridine rings is 3. The Bertz CT molecular complexity index is 1820. The summed E-state index contributed by atoms with van der Waals surface area (Å²) in [6.07, 6.45) is 7.51. The third-order valence-corrected chi connectivity index (χ3v) is 9.72. The van der Waals surface area contributed by atoms with Gasteiger partial charge in [-0.3, -0.25) is 9.69 Å². The van der Waals surface area contributed by atoms with Gasteiger partial charge < -0.3 is 34.9 Å². The van der Waals surface area contributed by atoms with Crippen LogP contribution in [0.3, 0.4) is 0 Å². The molecule has 3 aliphatic heterocycles. The number of piperazine rings is 1. The van der Waals surface area contributed by atoms with E-state index in [1.807, 2.05) is 41.6 Å². The first-order valence-corrected chi connectivity index (χ1v) is 16.5. The van der Waals surface area contributed by atoms with Crippen molar-refractivity contribution < 1.29 is 13.9 Å². The lowest BCUT2D eigenvalue weighted by molar-refractivity contribution is 0.157. The third kappa shape index (κ3) is 6.19. The molecule has 0 amide bonds. The minimum absolute atomic E-state index is 0.0225. The molecule has 11 nitrogen and oxygen atoms in total. The molecule has 1 aromatic carbocycles. The Morgan fingerprint density at radius 1 is 1.13 bits per heavy atom. The number of nitrogens with two attached hydrogens (primary N) is 1. The van der Waals surface area contributed by atoms with Crippen LogP contribution in [-0.4, -0.2) is 78.0 Å². The molecule has 0 radical (unpaired) electrons. The Balaban J connectivity index is 1.28. The van der Waals surface area contributed by atoms with E-state index < -0.39 is 5.82 Å². The second kappa shape index (κ2) is 13.0. The molecule has 0 aliphatic carbocycles. The van der Waals surface area contributed by atoms with Crippen molar-refractivity contribution in [3.8, 4) is 11.6 Å². The minimum atomic E-state index is -0.419. The molecule has 2 saturated heterocycles. The van der Waals surface area contributed by atoms with Crippen LogP contribution in [0.2, 0.25) is 0 Å². The molecule has 3 atom stereocenters. The van der Waals surface area contributed by atoms with Gasteiger partial charge in [-0.15, -0.1) is 0 Å². The van der Waals surface area contributed by atoms with E-state index in [0.717, 1.165) is 43.7 Å². The molecule has 47 heavy (non-hydrogen) atoms. The Kier molecular flexibility index (Phi) is 8.63. The van der Waals surface area contributed by atoms with Crippen molar-refractivity contribution in [3.05, 3.63) is 76.1 Å². The Morgan fingerprint density at radius 2 is 2.00 bits per heavy atom. The van der Waals surface area contributed by atoms with Gasteiger partial charge in [0.15, 0.2) is 17.0 Å². The molecular formula is C35H43FN8O3. The zero-order valence-electron chi connectivity index (χ0n) is 27.3. The van der Waals surface area contributed by atoms with Crippen molar-refractivity contribution >= 4 is 28.1 Å². The summed E-state index contributed by atoms with van der Waals surface area (Å²) < 4.78 is 29.8. The van der Waals surface area contributed by atoms with Crippen molar-refractivity contribution in [1.29, 1.82) is 0 Å². The van der Waals surface area contributed by atoms with Crippen LogP contribution in [-0.2, 0) is 13.1 Å². The van der Waals surface area contributed by atoms with Gasteiger partial charge in [0.1, 0.15) is 18.1 Å². The van der Waals surface area contributed by atoms with Crippen LogP contribution in [0.5, 0.6) is 11.6 Å². The lowest BCUT2D eigenvalue weighted by Gasteiger charge is -2.40. The first-order valence-electron chi connectivity index (χ1n) is 16.5. The van der Waals surface area contributed by atoms with E-state index in [1.54, 1.807) is 13.3 Å². The predicted octanol–water partition coefficient (Wildman–Crippen LogP) is 3.94. The lowest BCUT2D eigenvalue weighted by atomic mass is 10.0. The zero-order chi connectivity index (χ0) is 32.7. The van der Waals surface area contributed by atoms with Crippen LogP contribution in [0.25, 0.3) is 10.9 Å². The van der Waals surface area contributed by atoms with Gasteiger partial charge in [-0.05, 0) is 56.5 Å². The summed E-state index contributed by atoms with van der Waals surface area (Å²) >= 11 is 0. The maximum absolute atomic E-state index is 16.0. The molecule has 7 rings (SSSR count). The van der Waals surface area contributed by atoms with Crippen LogP contribution in [0.4, 0.5) is 21.6 Å². The fourth-order valence-electron chi connectivity index (χ4n) is 7.31. The molecule has 3 N–H and O–H groups in total. The van der Waals surface area contributed by atoms with Crippen LogP contribution in [0.15, 0.2) is 53.7 Å². The van der Waals surface area contributed by atoms with E-state index in [-0.39, 0.29) is 23.6 Å². The number of aromatic nitrogens is 3. The Labute approximate surface area is 274 Å². The summed E-state index contributed by atoms with van der Waals surface area (Å²) in [4.78, 5) is 29.7. The average molecular weight is 643 g/mol. The van der Waals surface area contributed by atoms with Gasteiger partial charge in [-0.1, -0.05) is 0 Å².